The maximum atomic E-state index is 11.9. The predicted octanol–water partition coefficient (Wildman–Crippen LogP) is 1.38. The van der Waals surface area contributed by atoms with Crippen molar-refractivity contribution in [1.29, 1.82) is 0 Å². The maximum Gasteiger partial charge on any atom is 0.424 e. The molecule has 2 aliphatic rings. The molecule has 1 saturated heterocycles. The smallest absolute Gasteiger partial charge is 0.424 e. The lowest BCUT2D eigenvalue weighted by molar-refractivity contribution is 0.0240. The summed E-state index contributed by atoms with van der Waals surface area (Å²) in [6.45, 7) is 5.86. The zero-order valence-electron chi connectivity index (χ0n) is 10.9. The molecule has 0 bridgehead atoms. The van der Waals surface area contributed by atoms with Crippen LogP contribution in [0.4, 0.5) is 4.79 Å². The molecule has 1 saturated carbocycles. The van der Waals surface area contributed by atoms with Crippen molar-refractivity contribution in [3.05, 3.63) is 0 Å². The quantitative estimate of drug-likeness (QED) is 0.779. The standard InChI is InChI=1S/C11H19NO5S/c1-11(2,3)17-10(13)12-8(7-16-18(12)14)6-15-9-4-5-9/h8-9H,4-7H2,1-3H3/t8-,18?/m0/s1. The van der Waals surface area contributed by atoms with Crippen LogP contribution in [0.15, 0.2) is 0 Å². The van der Waals surface area contributed by atoms with Crippen LogP contribution < -0.4 is 0 Å². The van der Waals surface area contributed by atoms with E-state index in [1.54, 1.807) is 20.8 Å². The highest BCUT2D eigenvalue weighted by Crippen LogP contribution is 2.26. The van der Waals surface area contributed by atoms with E-state index in [4.69, 9.17) is 13.7 Å². The van der Waals surface area contributed by atoms with Gasteiger partial charge in [-0.15, -0.1) is 0 Å². The molecule has 1 unspecified atom stereocenters. The topological polar surface area (TPSA) is 65.1 Å². The Balaban J connectivity index is 1.92. The van der Waals surface area contributed by atoms with Crippen molar-refractivity contribution in [1.82, 2.24) is 4.31 Å². The number of ether oxygens (including phenoxy) is 2. The molecule has 6 nitrogen and oxygen atoms in total. The number of carbonyl (C=O) groups excluding carboxylic acids is 1. The van der Waals surface area contributed by atoms with Crippen molar-refractivity contribution < 1.29 is 22.7 Å². The Bertz CT molecular complexity index is 350. The molecule has 104 valence electrons. The summed E-state index contributed by atoms with van der Waals surface area (Å²) in [5, 5.41) is 0. The summed E-state index contributed by atoms with van der Waals surface area (Å²) in [5.74, 6) is 0. The van der Waals surface area contributed by atoms with E-state index in [-0.39, 0.29) is 12.6 Å². The Hall–Kier alpha value is -0.660. The fraction of sp³-hybridized carbons (Fsp3) is 0.909. The molecular formula is C11H19NO5S. The van der Waals surface area contributed by atoms with E-state index in [0.717, 1.165) is 17.1 Å². The largest absolute Gasteiger partial charge is 0.443 e. The monoisotopic (exact) mass is 277 g/mol. The van der Waals surface area contributed by atoms with Gasteiger partial charge in [-0.1, -0.05) is 0 Å². The molecule has 0 aromatic carbocycles. The highest BCUT2D eigenvalue weighted by Gasteiger charge is 2.40. The summed E-state index contributed by atoms with van der Waals surface area (Å²) in [6, 6.07) is -0.332. The molecule has 0 N–H and O–H groups in total. The predicted molar refractivity (Wildman–Crippen MR) is 64.9 cm³/mol. The molecule has 18 heavy (non-hydrogen) atoms. The number of amides is 1. The van der Waals surface area contributed by atoms with Gasteiger partial charge in [0, 0.05) is 0 Å². The van der Waals surface area contributed by atoms with Gasteiger partial charge in [0.2, 0.25) is 0 Å². The van der Waals surface area contributed by atoms with Crippen LogP contribution in [0.3, 0.4) is 0 Å². The Morgan fingerprint density at radius 2 is 2.11 bits per heavy atom. The normalized spacial score (nSPS) is 28.5. The molecule has 1 heterocycles. The molecule has 2 atom stereocenters. The van der Waals surface area contributed by atoms with E-state index >= 15 is 0 Å². The number of hydrogen-bond donors (Lipinski definition) is 0. The van der Waals surface area contributed by atoms with Crippen LogP contribution in [-0.2, 0) is 24.9 Å². The molecule has 0 aromatic rings. The van der Waals surface area contributed by atoms with E-state index in [0.29, 0.717) is 12.7 Å². The lowest BCUT2D eigenvalue weighted by Gasteiger charge is -2.25. The number of nitrogens with zero attached hydrogens (tertiary/aromatic N) is 1. The van der Waals surface area contributed by atoms with Crippen LogP contribution >= 0.6 is 0 Å². The summed E-state index contributed by atoms with van der Waals surface area (Å²) in [7, 11) is 0. The van der Waals surface area contributed by atoms with Crippen LogP contribution in [0, 0.1) is 0 Å². The minimum atomic E-state index is -1.77. The number of carbonyl (C=O) groups is 1. The highest BCUT2D eigenvalue weighted by molar-refractivity contribution is 7.78. The van der Waals surface area contributed by atoms with E-state index < -0.39 is 23.0 Å². The Kier molecular flexibility index (Phi) is 3.93. The van der Waals surface area contributed by atoms with Crippen LogP contribution in [0.5, 0.6) is 0 Å². The SMILES string of the molecule is CC(C)(C)OC(=O)N1[C@@H](COC2CC2)COS1=O. The maximum absolute atomic E-state index is 11.9. The first kappa shape index (κ1) is 13.8. The van der Waals surface area contributed by atoms with Gasteiger partial charge in [0.15, 0.2) is 0 Å². The molecule has 0 radical (unpaired) electrons. The zero-order chi connectivity index (χ0) is 13.3. The zero-order valence-corrected chi connectivity index (χ0v) is 11.7. The lowest BCUT2D eigenvalue weighted by atomic mass is 10.2. The minimum Gasteiger partial charge on any atom is -0.443 e. The molecule has 0 spiro atoms. The van der Waals surface area contributed by atoms with Gasteiger partial charge in [-0.2, -0.15) is 4.31 Å². The second-order valence-electron chi connectivity index (χ2n) is 5.49. The summed E-state index contributed by atoms with van der Waals surface area (Å²) in [4.78, 5) is 11.9. The Labute approximate surface area is 109 Å². The van der Waals surface area contributed by atoms with E-state index in [1.165, 1.54) is 0 Å². The number of rotatable bonds is 3. The minimum absolute atomic E-state index is 0.221. The molecule has 1 amide bonds. The third-order valence-corrected chi connectivity index (χ3v) is 3.58. The van der Waals surface area contributed by atoms with Gasteiger partial charge < -0.3 is 9.47 Å². The fourth-order valence-electron chi connectivity index (χ4n) is 1.50. The highest BCUT2D eigenvalue weighted by atomic mass is 32.2. The molecule has 1 aliphatic heterocycles. The lowest BCUT2D eigenvalue weighted by Crippen LogP contribution is -2.43. The van der Waals surface area contributed by atoms with E-state index in [2.05, 4.69) is 0 Å². The molecule has 2 rings (SSSR count). The van der Waals surface area contributed by atoms with Crippen molar-refractivity contribution in [3.63, 3.8) is 0 Å². The van der Waals surface area contributed by atoms with Crippen molar-refractivity contribution in [2.75, 3.05) is 13.2 Å². The summed E-state index contributed by atoms with van der Waals surface area (Å²) in [6.07, 6.45) is 1.79. The van der Waals surface area contributed by atoms with Gasteiger partial charge in [0.25, 0.3) is 11.3 Å². The van der Waals surface area contributed by atoms with Crippen LogP contribution in [0.25, 0.3) is 0 Å². The number of hydrogen-bond acceptors (Lipinski definition) is 5. The van der Waals surface area contributed by atoms with Gasteiger partial charge in [0.1, 0.15) is 5.60 Å². The van der Waals surface area contributed by atoms with Crippen LogP contribution in [-0.4, -0.2) is 45.6 Å². The van der Waals surface area contributed by atoms with E-state index in [1.807, 2.05) is 0 Å². The van der Waals surface area contributed by atoms with Gasteiger partial charge >= 0.3 is 6.09 Å². The first-order chi connectivity index (χ1) is 8.37. The second kappa shape index (κ2) is 5.14. The van der Waals surface area contributed by atoms with Crippen LogP contribution in [0.1, 0.15) is 33.6 Å². The van der Waals surface area contributed by atoms with Gasteiger partial charge in [-0.25, -0.2) is 9.00 Å². The molecule has 0 aromatic heterocycles. The fourth-order valence-corrected chi connectivity index (χ4v) is 2.41. The molecule has 2 fully saturated rings. The third kappa shape index (κ3) is 3.66. The van der Waals surface area contributed by atoms with Gasteiger partial charge in [-0.3, -0.25) is 4.18 Å². The second-order valence-corrected chi connectivity index (χ2v) is 6.56. The van der Waals surface area contributed by atoms with Crippen molar-refractivity contribution in [2.45, 2.75) is 51.4 Å². The Morgan fingerprint density at radius 1 is 1.44 bits per heavy atom. The van der Waals surface area contributed by atoms with Crippen molar-refractivity contribution in [3.8, 4) is 0 Å². The van der Waals surface area contributed by atoms with Gasteiger partial charge in [0.05, 0.1) is 25.4 Å². The molecule has 7 heteroatoms. The Morgan fingerprint density at radius 3 is 2.67 bits per heavy atom. The average Bonchev–Trinajstić information content (AvgIpc) is 2.97. The van der Waals surface area contributed by atoms with Crippen LogP contribution in [0.2, 0.25) is 0 Å². The molecular weight excluding hydrogens is 258 g/mol. The summed E-state index contributed by atoms with van der Waals surface area (Å²) < 4.78 is 28.5. The van der Waals surface area contributed by atoms with E-state index in [9.17, 15) is 9.00 Å². The first-order valence-corrected chi connectivity index (χ1v) is 7.09. The summed E-state index contributed by atoms with van der Waals surface area (Å²) >= 11 is -1.77. The third-order valence-electron chi connectivity index (χ3n) is 2.48. The summed E-state index contributed by atoms with van der Waals surface area (Å²) in [5.41, 5.74) is -0.619. The van der Waals surface area contributed by atoms with Crippen molar-refractivity contribution in [2.24, 2.45) is 0 Å². The average molecular weight is 277 g/mol. The molecule has 1 aliphatic carbocycles. The van der Waals surface area contributed by atoms with Gasteiger partial charge in [-0.05, 0) is 33.6 Å². The first-order valence-electron chi connectivity index (χ1n) is 6.06. The van der Waals surface area contributed by atoms with Crippen molar-refractivity contribution >= 4 is 17.4 Å².